The summed E-state index contributed by atoms with van der Waals surface area (Å²) in [6, 6.07) is 9.89. The van der Waals surface area contributed by atoms with Crippen molar-refractivity contribution in [2.45, 2.75) is 44.0 Å². The SMILES string of the molecule is CSc1c2sc(C3=C(C(=O)O)N4C(=O)[C@H]([C@@H](C)O)[C@H]4[C@H]3C)cn2c[n+]1CCCNC(=O)N1CCN(c2ccccc2)CC1. The summed E-state index contributed by atoms with van der Waals surface area (Å²) in [5.41, 5.74) is 1.86. The third kappa shape index (κ3) is 5.17. The van der Waals surface area contributed by atoms with Crippen LogP contribution in [0.25, 0.3) is 10.4 Å². The van der Waals surface area contributed by atoms with Gasteiger partial charge in [0.15, 0.2) is 0 Å². The molecule has 43 heavy (non-hydrogen) atoms. The van der Waals surface area contributed by atoms with Gasteiger partial charge in [-0.1, -0.05) is 48.2 Å². The number of benzene rings is 1. The number of aliphatic hydroxyl groups is 1. The zero-order valence-corrected chi connectivity index (χ0v) is 26.1. The van der Waals surface area contributed by atoms with Crippen LogP contribution in [0.5, 0.6) is 0 Å². The number of urea groups is 1. The molecule has 5 heterocycles. The van der Waals surface area contributed by atoms with Crippen LogP contribution in [0.4, 0.5) is 10.5 Å². The Labute approximate surface area is 258 Å². The molecule has 11 nitrogen and oxygen atoms in total. The average Bonchev–Trinajstić information content (AvgIpc) is 3.62. The maximum absolute atomic E-state index is 12.8. The van der Waals surface area contributed by atoms with Crippen molar-refractivity contribution in [1.29, 1.82) is 0 Å². The molecule has 3 aliphatic heterocycles. The second-order valence-electron chi connectivity index (χ2n) is 11.3. The van der Waals surface area contributed by atoms with Gasteiger partial charge in [-0.3, -0.25) is 4.79 Å². The number of imidazole rings is 1. The van der Waals surface area contributed by atoms with E-state index in [1.807, 2.05) is 53.2 Å². The lowest BCUT2D eigenvalue weighted by Crippen LogP contribution is -2.63. The largest absolute Gasteiger partial charge is 0.477 e. The lowest BCUT2D eigenvalue weighted by Gasteiger charge is -2.46. The molecule has 0 saturated carbocycles. The number of thiazole rings is 1. The van der Waals surface area contributed by atoms with E-state index in [1.165, 1.54) is 21.9 Å². The fourth-order valence-corrected chi connectivity index (χ4v) is 8.88. The molecule has 6 rings (SSSR count). The van der Waals surface area contributed by atoms with E-state index < -0.39 is 18.0 Å². The number of para-hydroxylation sites is 1. The number of nitrogens with zero attached hydrogens (tertiary/aromatic N) is 5. The summed E-state index contributed by atoms with van der Waals surface area (Å²) in [7, 11) is 0. The lowest BCUT2D eigenvalue weighted by molar-refractivity contribution is -0.729. The number of hydrogen-bond donors (Lipinski definition) is 3. The number of hydrogen-bond acceptors (Lipinski definition) is 7. The second kappa shape index (κ2) is 11.9. The zero-order chi connectivity index (χ0) is 30.4. The predicted molar refractivity (Wildman–Crippen MR) is 165 cm³/mol. The fourth-order valence-electron chi connectivity index (χ4n) is 6.68. The smallest absolute Gasteiger partial charge is 0.352 e. The molecule has 228 valence electrons. The fraction of sp³-hybridized carbons (Fsp3) is 0.467. The van der Waals surface area contributed by atoms with Crippen molar-refractivity contribution in [2.75, 3.05) is 43.9 Å². The van der Waals surface area contributed by atoms with Gasteiger partial charge in [-0.2, -0.15) is 4.40 Å². The van der Waals surface area contributed by atoms with Crippen molar-refractivity contribution < 1.29 is 29.2 Å². The number of thioether (sulfide) groups is 1. The molecule has 0 aliphatic carbocycles. The summed E-state index contributed by atoms with van der Waals surface area (Å²) < 4.78 is 4.18. The summed E-state index contributed by atoms with van der Waals surface area (Å²) in [6.07, 6.45) is 5.89. The van der Waals surface area contributed by atoms with Crippen LogP contribution in [-0.2, 0) is 16.1 Å². The monoisotopic (exact) mass is 625 g/mol. The Bertz CT molecular complexity index is 1580. The summed E-state index contributed by atoms with van der Waals surface area (Å²) in [5, 5.41) is 24.3. The molecular weight excluding hydrogens is 589 g/mol. The van der Waals surface area contributed by atoms with Gasteiger partial charge in [0.25, 0.3) is 6.33 Å². The lowest BCUT2D eigenvalue weighted by atomic mass is 9.77. The molecule has 3 amide bonds. The highest BCUT2D eigenvalue weighted by atomic mass is 32.2. The van der Waals surface area contributed by atoms with Crippen LogP contribution < -0.4 is 14.8 Å². The minimum absolute atomic E-state index is 0.0275. The van der Waals surface area contributed by atoms with E-state index in [0.717, 1.165) is 40.8 Å². The van der Waals surface area contributed by atoms with E-state index in [-0.39, 0.29) is 29.6 Å². The quantitative estimate of drug-likeness (QED) is 0.145. The number of anilines is 1. The zero-order valence-electron chi connectivity index (χ0n) is 24.5. The molecule has 3 aromatic rings. The van der Waals surface area contributed by atoms with Crippen LogP contribution in [0.15, 0.2) is 53.6 Å². The molecule has 0 radical (unpaired) electrons. The van der Waals surface area contributed by atoms with E-state index in [1.54, 1.807) is 18.7 Å². The van der Waals surface area contributed by atoms with Gasteiger partial charge in [0.2, 0.25) is 15.8 Å². The number of carboxylic acids is 1. The topological polar surface area (TPSA) is 122 Å². The van der Waals surface area contributed by atoms with Crippen LogP contribution in [0.2, 0.25) is 0 Å². The highest BCUT2D eigenvalue weighted by molar-refractivity contribution is 7.98. The van der Waals surface area contributed by atoms with Gasteiger partial charge in [0, 0.05) is 56.3 Å². The molecule has 2 aromatic heterocycles. The van der Waals surface area contributed by atoms with Gasteiger partial charge in [-0.25, -0.2) is 14.2 Å². The Morgan fingerprint density at radius 2 is 1.91 bits per heavy atom. The number of amides is 3. The highest BCUT2D eigenvalue weighted by Crippen LogP contribution is 2.51. The first-order valence-corrected chi connectivity index (χ1v) is 16.6. The van der Waals surface area contributed by atoms with E-state index in [9.17, 15) is 24.6 Å². The van der Waals surface area contributed by atoms with E-state index in [0.29, 0.717) is 25.2 Å². The molecule has 13 heteroatoms. The molecule has 0 spiro atoms. The van der Waals surface area contributed by atoms with E-state index >= 15 is 0 Å². The van der Waals surface area contributed by atoms with Crippen LogP contribution in [-0.4, -0.2) is 93.4 Å². The minimum atomic E-state index is -1.12. The maximum atomic E-state index is 12.8. The Hall–Kier alpha value is -3.55. The van der Waals surface area contributed by atoms with Crippen molar-refractivity contribution in [3.63, 3.8) is 0 Å². The number of β-lactam (4-membered cyclic amide) rings is 1. The molecule has 0 unspecified atom stereocenters. The minimum Gasteiger partial charge on any atom is -0.477 e. The van der Waals surface area contributed by atoms with Gasteiger partial charge in [-0.15, -0.1) is 0 Å². The Morgan fingerprint density at radius 3 is 2.56 bits per heavy atom. The number of fused-ring (bicyclic) bond motifs is 2. The molecule has 3 N–H and O–H groups in total. The van der Waals surface area contributed by atoms with Crippen LogP contribution in [0.1, 0.15) is 25.1 Å². The number of aromatic nitrogens is 2. The molecule has 0 bridgehead atoms. The Morgan fingerprint density at radius 1 is 1.19 bits per heavy atom. The number of piperazine rings is 1. The molecule has 3 aliphatic rings. The first-order valence-electron chi connectivity index (χ1n) is 14.6. The van der Waals surface area contributed by atoms with Gasteiger partial charge in [-0.05, 0) is 25.3 Å². The van der Waals surface area contributed by atoms with Crippen molar-refractivity contribution in [3.8, 4) is 0 Å². The summed E-state index contributed by atoms with van der Waals surface area (Å²) in [4.78, 5) is 45.1. The van der Waals surface area contributed by atoms with Gasteiger partial charge in [0.05, 0.1) is 29.5 Å². The third-order valence-corrected chi connectivity index (χ3v) is 10.9. The van der Waals surface area contributed by atoms with Crippen molar-refractivity contribution in [1.82, 2.24) is 19.5 Å². The molecule has 2 saturated heterocycles. The number of aliphatic hydroxyl groups excluding tert-OH is 1. The van der Waals surface area contributed by atoms with Gasteiger partial charge in [0.1, 0.15) is 11.9 Å². The van der Waals surface area contributed by atoms with Crippen molar-refractivity contribution >= 4 is 57.1 Å². The van der Waals surface area contributed by atoms with Crippen molar-refractivity contribution in [2.24, 2.45) is 11.8 Å². The van der Waals surface area contributed by atoms with Gasteiger partial charge >= 0.3 is 12.0 Å². The summed E-state index contributed by atoms with van der Waals surface area (Å²) in [5.74, 6) is -2.25. The van der Waals surface area contributed by atoms with Crippen LogP contribution in [0, 0.1) is 11.8 Å². The predicted octanol–water partition coefficient (Wildman–Crippen LogP) is 2.59. The number of carboxylic acid groups (broad SMARTS) is 1. The summed E-state index contributed by atoms with van der Waals surface area (Å²) >= 11 is 3.14. The number of aliphatic carboxylic acids is 1. The maximum Gasteiger partial charge on any atom is 0.352 e. The number of carbonyl (C=O) groups is 3. The number of rotatable bonds is 9. The Balaban J connectivity index is 1.08. The second-order valence-corrected chi connectivity index (χ2v) is 13.2. The molecule has 4 atom stereocenters. The van der Waals surface area contributed by atoms with E-state index in [4.69, 9.17) is 0 Å². The number of nitrogens with one attached hydrogen (secondary N) is 1. The molecular formula is C30H37N6O5S2+. The molecule has 2 fully saturated rings. The molecule has 1 aromatic carbocycles. The standard InChI is InChI=1S/C30H36N6O5S2/c1-18-22(25(29(39)40)36-24(18)23(19(2)37)26(36)38)21-16-35-17-34(27(42-3)28(35)43-21)11-7-10-31-30(41)33-14-12-32(13-15-33)20-8-5-4-6-9-20/h4-6,8-9,16-19,23-24,37H,7,10-15H2,1-3H3,(H-,31,39,40,41)/p+1/t18-,19+,23+,24+/m0/s1. The van der Waals surface area contributed by atoms with Gasteiger partial charge < -0.3 is 30.2 Å². The first-order chi connectivity index (χ1) is 20.7. The Kier molecular flexibility index (Phi) is 8.14. The summed E-state index contributed by atoms with van der Waals surface area (Å²) in [6.45, 7) is 7.82. The third-order valence-electron chi connectivity index (χ3n) is 8.78. The first kappa shape index (κ1) is 29.5. The van der Waals surface area contributed by atoms with Crippen molar-refractivity contribution in [3.05, 3.63) is 53.4 Å². The highest BCUT2D eigenvalue weighted by Gasteiger charge is 2.60. The average molecular weight is 626 g/mol. The van der Waals surface area contributed by atoms with Crippen LogP contribution >= 0.6 is 23.1 Å². The van der Waals surface area contributed by atoms with Crippen LogP contribution in [0.3, 0.4) is 0 Å². The number of aryl methyl sites for hydroxylation is 1. The van der Waals surface area contributed by atoms with E-state index in [2.05, 4.69) is 26.9 Å². The normalized spacial score (nSPS) is 22.7. The number of carbonyl (C=O) groups excluding carboxylic acids is 2.